The minimum atomic E-state index is -0.994. The number of carbonyl (C=O) groups excluding carboxylic acids is 1. The minimum Gasteiger partial charge on any atom is -0.489 e. The predicted molar refractivity (Wildman–Crippen MR) is 101 cm³/mol. The molecule has 0 aromatic heterocycles. The lowest BCUT2D eigenvalue weighted by molar-refractivity contribution is -0.138. The summed E-state index contributed by atoms with van der Waals surface area (Å²) in [4.78, 5) is 22.1. The third-order valence-electron chi connectivity index (χ3n) is 3.59. The van der Waals surface area contributed by atoms with Crippen LogP contribution < -0.4 is 10.1 Å². The monoisotopic (exact) mass is 395 g/mol. The fourth-order valence-corrected chi connectivity index (χ4v) is 2.73. The molecule has 2 aromatic carbocycles. The Hall–Kier alpha value is -2.24. The number of hydrogen-bond acceptors (Lipinski definition) is 3. The maximum atomic E-state index is 11.6. The molecule has 0 bridgehead atoms. The van der Waals surface area contributed by atoms with Gasteiger partial charge in [0.1, 0.15) is 12.4 Å². The van der Waals surface area contributed by atoms with E-state index in [0.29, 0.717) is 35.4 Å². The summed E-state index contributed by atoms with van der Waals surface area (Å²) < 4.78 is 5.86. The molecule has 0 aliphatic carbocycles. The van der Waals surface area contributed by atoms with Crippen LogP contribution in [0.5, 0.6) is 5.75 Å². The first-order valence-electron chi connectivity index (χ1n) is 8.08. The van der Waals surface area contributed by atoms with E-state index < -0.39 is 5.97 Å². The van der Waals surface area contributed by atoms with Crippen LogP contribution in [0.4, 0.5) is 0 Å². The second-order valence-corrected chi connectivity index (χ2v) is 6.54. The van der Waals surface area contributed by atoms with Gasteiger partial charge in [-0.05, 0) is 47.9 Å². The molecule has 2 aromatic rings. The summed E-state index contributed by atoms with van der Waals surface area (Å²) in [6.07, 6.45) is 0.296. The molecule has 1 amide bonds. The predicted octanol–water partition coefficient (Wildman–Crippen LogP) is 4.10. The van der Waals surface area contributed by atoms with Crippen molar-refractivity contribution in [3.63, 3.8) is 0 Å². The van der Waals surface area contributed by atoms with Crippen molar-refractivity contribution in [2.75, 3.05) is 6.54 Å². The van der Waals surface area contributed by atoms with Crippen molar-refractivity contribution in [1.82, 2.24) is 5.32 Å². The van der Waals surface area contributed by atoms with Crippen LogP contribution in [-0.4, -0.2) is 23.5 Å². The molecule has 0 aliphatic heterocycles. The van der Waals surface area contributed by atoms with Gasteiger partial charge < -0.3 is 15.2 Å². The molecular formula is C19H19Cl2NO4. The lowest BCUT2D eigenvalue weighted by Crippen LogP contribution is -2.26. The first-order chi connectivity index (χ1) is 12.4. The molecule has 138 valence electrons. The van der Waals surface area contributed by atoms with Crippen molar-refractivity contribution in [2.45, 2.75) is 25.9 Å². The Balaban J connectivity index is 1.92. The minimum absolute atomic E-state index is 0.0387. The normalized spacial score (nSPS) is 10.4. The van der Waals surface area contributed by atoms with Crippen LogP contribution >= 0.6 is 23.2 Å². The van der Waals surface area contributed by atoms with Gasteiger partial charge in [0.05, 0.1) is 6.42 Å². The molecule has 0 saturated heterocycles. The zero-order chi connectivity index (χ0) is 18.9. The fraction of sp³-hybridized carbons (Fsp3) is 0.263. The summed E-state index contributed by atoms with van der Waals surface area (Å²) in [5, 5.41) is 12.5. The van der Waals surface area contributed by atoms with Gasteiger partial charge in [0.2, 0.25) is 5.91 Å². The maximum Gasteiger partial charge on any atom is 0.303 e. The number of carboxylic acids is 1. The van der Waals surface area contributed by atoms with Gasteiger partial charge in [0.25, 0.3) is 0 Å². The van der Waals surface area contributed by atoms with Crippen LogP contribution in [0.25, 0.3) is 0 Å². The molecule has 0 fully saturated rings. The van der Waals surface area contributed by atoms with Gasteiger partial charge in [-0.3, -0.25) is 9.59 Å². The zero-order valence-electron chi connectivity index (χ0n) is 14.0. The third-order valence-corrected chi connectivity index (χ3v) is 4.06. The number of nitrogens with one attached hydrogen (secondary N) is 1. The highest BCUT2D eigenvalue weighted by Gasteiger charge is 2.08. The second-order valence-electron chi connectivity index (χ2n) is 5.66. The van der Waals surface area contributed by atoms with E-state index in [1.165, 1.54) is 0 Å². The number of carbonyl (C=O) groups is 2. The number of amides is 1. The van der Waals surface area contributed by atoms with Crippen LogP contribution in [-0.2, 0) is 22.6 Å². The summed E-state index contributed by atoms with van der Waals surface area (Å²) in [6, 6.07) is 12.7. The molecular weight excluding hydrogens is 377 g/mol. The van der Waals surface area contributed by atoms with Crippen LogP contribution in [0.15, 0.2) is 42.5 Å². The van der Waals surface area contributed by atoms with Crippen molar-refractivity contribution in [3.8, 4) is 5.75 Å². The standard InChI is InChI=1S/C19H19Cl2NO4/c20-15-3-1-2-13(10-15)12-26-17-5-4-16(21)11-14(17)8-9-22-18(23)6-7-19(24)25/h1-5,10-11H,6-9,12H2,(H,22,23)(H,24,25). The molecule has 26 heavy (non-hydrogen) atoms. The van der Waals surface area contributed by atoms with Gasteiger partial charge in [-0.2, -0.15) is 0 Å². The summed E-state index contributed by atoms with van der Waals surface area (Å²) >= 11 is 12.0. The van der Waals surface area contributed by atoms with Crippen LogP contribution in [0.3, 0.4) is 0 Å². The Morgan fingerprint density at radius 1 is 1.04 bits per heavy atom. The Bertz CT molecular complexity index is 780. The molecule has 0 spiro atoms. The number of rotatable bonds is 9. The highest BCUT2D eigenvalue weighted by atomic mass is 35.5. The number of carboxylic acid groups (broad SMARTS) is 1. The van der Waals surface area contributed by atoms with E-state index >= 15 is 0 Å². The molecule has 0 saturated carbocycles. The number of ether oxygens (including phenoxy) is 1. The Labute approximate surface area is 161 Å². The number of benzene rings is 2. The van der Waals surface area contributed by atoms with Crippen LogP contribution in [0, 0.1) is 0 Å². The Morgan fingerprint density at radius 2 is 1.81 bits per heavy atom. The van der Waals surface area contributed by atoms with E-state index in [-0.39, 0.29) is 18.7 Å². The maximum absolute atomic E-state index is 11.6. The van der Waals surface area contributed by atoms with Crippen molar-refractivity contribution in [2.24, 2.45) is 0 Å². The zero-order valence-corrected chi connectivity index (χ0v) is 15.5. The van der Waals surface area contributed by atoms with E-state index in [9.17, 15) is 9.59 Å². The van der Waals surface area contributed by atoms with Gasteiger partial charge >= 0.3 is 5.97 Å². The molecule has 5 nitrogen and oxygen atoms in total. The first kappa shape index (κ1) is 20.1. The SMILES string of the molecule is O=C(O)CCC(=O)NCCc1cc(Cl)ccc1OCc1cccc(Cl)c1. The van der Waals surface area contributed by atoms with E-state index in [4.69, 9.17) is 33.0 Å². The molecule has 2 rings (SSSR count). The van der Waals surface area contributed by atoms with Crippen molar-refractivity contribution in [1.29, 1.82) is 0 Å². The molecule has 0 heterocycles. The largest absolute Gasteiger partial charge is 0.489 e. The molecule has 0 radical (unpaired) electrons. The van der Waals surface area contributed by atoms with Crippen LogP contribution in [0.1, 0.15) is 24.0 Å². The lowest BCUT2D eigenvalue weighted by Gasteiger charge is -2.13. The molecule has 0 unspecified atom stereocenters. The van der Waals surface area contributed by atoms with E-state index in [2.05, 4.69) is 5.32 Å². The average Bonchev–Trinajstić information content (AvgIpc) is 2.59. The topological polar surface area (TPSA) is 75.6 Å². The smallest absolute Gasteiger partial charge is 0.303 e. The van der Waals surface area contributed by atoms with Gasteiger partial charge in [-0.25, -0.2) is 0 Å². The quantitative estimate of drug-likeness (QED) is 0.669. The summed E-state index contributed by atoms with van der Waals surface area (Å²) in [6.45, 7) is 0.729. The van der Waals surface area contributed by atoms with Gasteiger partial charge in [0.15, 0.2) is 0 Å². The van der Waals surface area contributed by atoms with Crippen molar-refractivity contribution < 1.29 is 19.4 Å². The molecule has 0 aliphatic rings. The van der Waals surface area contributed by atoms with Crippen molar-refractivity contribution in [3.05, 3.63) is 63.6 Å². The first-order valence-corrected chi connectivity index (χ1v) is 8.84. The summed E-state index contributed by atoms with van der Waals surface area (Å²) in [5.74, 6) is -0.614. The number of hydrogen-bond donors (Lipinski definition) is 2. The van der Waals surface area contributed by atoms with Gasteiger partial charge in [0, 0.05) is 23.0 Å². The molecule has 7 heteroatoms. The fourth-order valence-electron chi connectivity index (χ4n) is 2.32. The second kappa shape index (κ2) is 10.0. The summed E-state index contributed by atoms with van der Waals surface area (Å²) in [7, 11) is 0. The van der Waals surface area contributed by atoms with E-state index in [1.54, 1.807) is 24.3 Å². The Kier molecular flexibility index (Phi) is 7.75. The van der Waals surface area contributed by atoms with E-state index in [1.807, 2.05) is 18.2 Å². The number of halogens is 2. The average molecular weight is 396 g/mol. The number of aliphatic carboxylic acids is 1. The third kappa shape index (κ3) is 6.94. The molecule has 2 N–H and O–H groups in total. The lowest BCUT2D eigenvalue weighted by atomic mass is 10.1. The highest BCUT2D eigenvalue weighted by Crippen LogP contribution is 2.24. The molecule has 0 atom stereocenters. The van der Waals surface area contributed by atoms with Crippen molar-refractivity contribution >= 4 is 35.1 Å². The highest BCUT2D eigenvalue weighted by molar-refractivity contribution is 6.30. The van der Waals surface area contributed by atoms with E-state index in [0.717, 1.165) is 11.1 Å². The van der Waals surface area contributed by atoms with Gasteiger partial charge in [-0.1, -0.05) is 35.3 Å². The van der Waals surface area contributed by atoms with Gasteiger partial charge in [-0.15, -0.1) is 0 Å². The van der Waals surface area contributed by atoms with Crippen LogP contribution in [0.2, 0.25) is 10.0 Å². The summed E-state index contributed by atoms with van der Waals surface area (Å²) in [5.41, 5.74) is 1.80. The Morgan fingerprint density at radius 3 is 2.54 bits per heavy atom.